The van der Waals surface area contributed by atoms with Crippen molar-refractivity contribution in [2.24, 2.45) is 28.8 Å². The third-order valence-electron chi connectivity index (χ3n) is 17.4. The summed E-state index contributed by atoms with van der Waals surface area (Å²) in [5.41, 5.74) is 0.847. The average molecular weight is 1150 g/mol. The number of allylic oxidation sites excluding steroid dienone is 2. The van der Waals surface area contributed by atoms with Gasteiger partial charge in [0.25, 0.3) is 11.7 Å². The van der Waals surface area contributed by atoms with Crippen LogP contribution in [0.25, 0.3) is 16.3 Å². The van der Waals surface area contributed by atoms with E-state index < -0.39 is 101 Å². The van der Waals surface area contributed by atoms with E-state index in [2.05, 4.69) is 16.8 Å². The van der Waals surface area contributed by atoms with Crippen LogP contribution in [0.4, 0.5) is 21.5 Å². The number of hydrogen-bond acceptors (Lipinski definition) is 19. The van der Waals surface area contributed by atoms with Gasteiger partial charge in [0.15, 0.2) is 17.3 Å². The number of methoxy groups -OCH3 is 2. The van der Waals surface area contributed by atoms with E-state index in [1.165, 1.54) is 72.6 Å². The molecule has 1 unspecified atom stereocenters. The minimum absolute atomic E-state index is 0.00258. The number of aliphatic hydroxyl groups is 2. The third-order valence-corrected chi connectivity index (χ3v) is 17.4. The second kappa shape index (κ2) is 23.5. The molecule has 2 saturated heterocycles. The summed E-state index contributed by atoms with van der Waals surface area (Å²) in [5, 5.41) is 78.2. The molecule has 446 valence electrons. The van der Waals surface area contributed by atoms with Gasteiger partial charge in [0.05, 0.1) is 71.4 Å². The molecule has 5 bridgehead atoms. The van der Waals surface area contributed by atoms with Crippen molar-refractivity contribution in [1.82, 2.24) is 9.91 Å². The Morgan fingerprint density at radius 2 is 1.60 bits per heavy atom. The lowest BCUT2D eigenvalue weighted by Gasteiger charge is -2.38. The number of esters is 1. The Bertz CT molecular complexity index is 3290. The fraction of sp³-hybridized carbons (Fsp3) is 0.492. The van der Waals surface area contributed by atoms with Crippen molar-refractivity contribution in [2.75, 3.05) is 68.6 Å². The fourth-order valence-electron chi connectivity index (χ4n) is 12.3. The number of carboxylic acid groups (broad SMARTS) is 1. The van der Waals surface area contributed by atoms with Gasteiger partial charge in [0.2, 0.25) is 0 Å². The number of carboxylic acids is 1. The van der Waals surface area contributed by atoms with Gasteiger partial charge in [-0.05, 0) is 50.8 Å². The quantitative estimate of drug-likeness (QED) is 0.0487. The van der Waals surface area contributed by atoms with Gasteiger partial charge in [-0.25, -0.2) is 9.18 Å². The molecule has 6 aliphatic heterocycles. The minimum Gasteiger partial charge on any atom is -0.507 e. The van der Waals surface area contributed by atoms with E-state index >= 15 is 4.39 Å². The van der Waals surface area contributed by atoms with Gasteiger partial charge >= 0.3 is 17.7 Å². The highest BCUT2D eigenvalue weighted by Gasteiger charge is 2.50. The molecule has 3 aromatic rings. The zero-order valence-corrected chi connectivity index (χ0v) is 48.4. The number of hydrazone groups is 1. The van der Waals surface area contributed by atoms with Crippen LogP contribution < -0.4 is 24.6 Å². The number of aromatic hydroxyl groups is 3. The second-order valence-corrected chi connectivity index (χ2v) is 22.8. The number of hydrogen-bond donors (Lipinski definition) is 7. The molecule has 0 aromatic heterocycles. The number of phenolic OH excluding ortho intramolecular Hbond substituents is 3. The maximum absolute atomic E-state index is 16.4. The number of nitrogens with one attached hydrogen (secondary N) is 1. The first-order chi connectivity index (χ1) is 39.3. The molecule has 7 N–H and O–H groups in total. The number of benzene rings is 3. The number of carbonyl (C=O) groups excluding carboxylic acids is 3. The van der Waals surface area contributed by atoms with Crippen LogP contribution in [0, 0.1) is 36.4 Å². The lowest BCUT2D eigenvalue weighted by molar-refractivity contribution is -0.160. The van der Waals surface area contributed by atoms with E-state index in [9.17, 15) is 49.8 Å². The predicted octanol–water partition coefficient (Wildman–Crippen LogP) is 7.10. The predicted molar refractivity (Wildman–Crippen MR) is 308 cm³/mol. The van der Waals surface area contributed by atoms with E-state index in [4.69, 9.17) is 28.8 Å². The summed E-state index contributed by atoms with van der Waals surface area (Å²) in [7, 11) is 2.91. The lowest BCUT2D eigenvalue weighted by Crippen LogP contribution is -2.49. The number of aliphatic carboxylic acids is 1. The van der Waals surface area contributed by atoms with Crippen LogP contribution in [0.15, 0.2) is 65.7 Å². The molecule has 21 nitrogen and oxygen atoms in total. The topological polar surface area (TPSA) is 273 Å². The van der Waals surface area contributed by atoms with Crippen LogP contribution in [-0.2, 0) is 28.6 Å². The van der Waals surface area contributed by atoms with Gasteiger partial charge in [0, 0.05) is 124 Å². The fourth-order valence-corrected chi connectivity index (χ4v) is 12.3. The molecule has 83 heavy (non-hydrogen) atoms. The smallest absolute Gasteiger partial charge is 0.337 e. The number of Topliss-reactive ketones (excluding diaryl/α,β-unsaturated/α-hetero) is 1. The average Bonchev–Trinajstić information content (AvgIpc) is 1.96. The Hall–Kier alpha value is -7.66. The SMILES string of the molecule is C=C1C(C(=O)O)=CN(C2CC2)c2c1cc(F)c(N1CCC(N3CCN(/N=C/c4c5c(O)c6c(O)c(C)c7c(c6c4O)C(=O)[C@@](C)(O/C=C/[C@H](OC)[C@@H](C)[C@@H](OC(C)=O)[C@H](C)[C@H](O)[C@H](C)[C@@H](O)[C@@H](C)/C=C/C=C(/C)C(=O)N5)O7)CC3)C1)c2OC. The number of fused-ring (bicyclic) bond motifs is 15. The van der Waals surface area contributed by atoms with Crippen molar-refractivity contribution in [3.63, 3.8) is 0 Å². The number of nitrogens with zero attached hydrogens (tertiary/aromatic N) is 5. The first-order valence-corrected chi connectivity index (χ1v) is 28.0. The Morgan fingerprint density at radius 1 is 0.904 bits per heavy atom. The number of amides is 1. The number of anilines is 3. The Balaban J connectivity index is 1.02. The van der Waals surface area contributed by atoms with Gasteiger partial charge in [-0.1, -0.05) is 52.5 Å². The van der Waals surface area contributed by atoms with Crippen LogP contribution in [0.3, 0.4) is 0 Å². The van der Waals surface area contributed by atoms with Crippen molar-refractivity contribution in [2.45, 2.75) is 117 Å². The molecular weight excluding hydrogens is 1080 g/mol. The number of halogens is 1. The van der Waals surface area contributed by atoms with E-state index in [-0.39, 0.29) is 67.7 Å². The number of carbonyl (C=O) groups is 4. The number of ether oxygens (including phenoxy) is 5. The molecule has 3 aromatic carbocycles. The van der Waals surface area contributed by atoms with Crippen LogP contribution in [0.5, 0.6) is 28.7 Å². The van der Waals surface area contributed by atoms with E-state index in [0.717, 1.165) is 12.8 Å². The van der Waals surface area contributed by atoms with Crippen molar-refractivity contribution >= 4 is 63.3 Å². The van der Waals surface area contributed by atoms with Crippen molar-refractivity contribution < 1.29 is 77.9 Å². The van der Waals surface area contributed by atoms with Crippen LogP contribution >= 0.6 is 0 Å². The number of rotatable bonds is 9. The number of ketones is 1. The zero-order chi connectivity index (χ0) is 60.3. The van der Waals surface area contributed by atoms with Gasteiger partial charge in [-0.3, -0.25) is 24.3 Å². The highest BCUT2D eigenvalue weighted by Crippen LogP contribution is 2.56. The van der Waals surface area contributed by atoms with E-state index in [0.29, 0.717) is 68.4 Å². The molecule has 7 aliphatic rings. The van der Waals surface area contributed by atoms with Crippen molar-refractivity contribution in [3.05, 3.63) is 88.6 Å². The van der Waals surface area contributed by atoms with Gasteiger partial charge in [0.1, 0.15) is 29.0 Å². The van der Waals surface area contributed by atoms with Crippen LogP contribution in [0.2, 0.25) is 0 Å². The van der Waals surface area contributed by atoms with Crippen molar-refractivity contribution in [3.8, 4) is 28.7 Å². The summed E-state index contributed by atoms with van der Waals surface area (Å²) in [6.07, 6.45) is 8.55. The first-order valence-electron chi connectivity index (χ1n) is 28.0. The molecule has 10 atom stereocenters. The molecule has 1 amide bonds. The first kappa shape index (κ1) is 59.9. The number of phenols is 3. The molecule has 0 spiro atoms. The standard InChI is InChI=1S/C61H75FN6O15/c1-29-13-12-14-30(2)59(76)64-47-40(26-63-67-22-20-65(21-23-67)38-17-19-66(27-38)49-42(62)25-39-31(3)41(60(77)78)28-68(37-15-16-37)48(39)57(49)80-11)53(73)44-45(54(47)74)52(72)35(7)56-46(44)58(75)61(9,83-56)81-24-18-43(79-10)32(4)55(82-36(8)69)34(6)51(71)33(5)50(29)70/h12-14,18,24-26,28-29,32-34,37-38,43,50-51,55,70-74H,3,15-17,19-23,27H2,1-2,4-11H3,(H,64,76)(H,77,78)/b13-12+,24-18+,30-14-,63-26+/t29-,32+,33+,34+,38?,43-,50-,51+,55+,61-/m0/s1. The summed E-state index contributed by atoms with van der Waals surface area (Å²) in [6.45, 7) is 19.2. The summed E-state index contributed by atoms with van der Waals surface area (Å²) in [4.78, 5) is 59.7. The number of piperazine rings is 1. The van der Waals surface area contributed by atoms with Gasteiger partial charge in [-0.15, -0.1) is 0 Å². The van der Waals surface area contributed by atoms with Crippen molar-refractivity contribution in [1.29, 1.82) is 0 Å². The Morgan fingerprint density at radius 3 is 2.24 bits per heavy atom. The molecule has 0 radical (unpaired) electrons. The summed E-state index contributed by atoms with van der Waals surface area (Å²) in [5.74, 6) is -10.3. The minimum atomic E-state index is -2.12. The van der Waals surface area contributed by atoms with Crippen LogP contribution in [0.1, 0.15) is 94.8 Å². The molecular formula is C61H75FN6O15. The summed E-state index contributed by atoms with van der Waals surface area (Å²) >= 11 is 0. The highest BCUT2D eigenvalue weighted by atomic mass is 19.1. The van der Waals surface area contributed by atoms with E-state index in [1.807, 2.05) is 9.80 Å². The van der Waals surface area contributed by atoms with Crippen LogP contribution in [-0.4, -0.2) is 166 Å². The maximum atomic E-state index is 16.4. The highest BCUT2D eigenvalue weighted by molar-refractivity contribution is 6.24. The van der Waals surface area contributed by atoms with Gasteiger partial charge < -0.3 is 69.4 Å². The molecule has 22 heteroatoms. The zero-order valence-electron chi connectivity index (χ0n) is 48.4. The largest absolute Gasteiger partial charge is 0.507 e. The molecule has 10 rings (SSSR count). The molecule has 1 saturated carbocycles. The maximum Gasteiger partial charge on any atom is 0.337 e. The second-order valence-electron chi connectivity index (χ2n) is 22.8. The third kappa shape index (κ3) is 11.1. The van der Waals surface area contributed by atoms with E-state index in [1.54, 1.807) is 51.1 Å². The molecule has 1 aliphatic carbocycles. The summed E-state index contributed by atoms with van der Waals surface area (Å²) < 4.78 is 46.2. The molecule has 6 heterocycles. The number of aliphatic hydroxyl groups excluding tert-OH is 2. The lowest BCUT2D eigenvalue weighted by atomic mass is 9.78. The normalized spacial score (nSPS) is 29.7. The summed E-state index contributed by atoms with van der Waals surface area (Å²) in [6, 6.07) is 1.42. The Labute approximate surface area is 481 Å². The Kier molecular flexibility index (Phi) is 17.0. The monoisotopic (exact) mass is 1150 g/mol. The van der Waals surface area contributed by atoms with Gasteiger partial charge in [-0.2, -0.15) is 5.10 Å². The molecule has 3 fully saturated rings.